The van der Waals surface area contributed by atoms with Crippen LogP contribution in [0.1, 0.15) is 13.3 Å². The summed E-state index contributed by atoms with van der Waals surface area (Å²) in [5.74, 6) is -0.606. The fraction of sp³-hybridized carbons (Fsp3) is 0.692. The quantitative estimate of drug-likeness (QED) is 0.604. The van der Waals surface area contributed by atoms with Gasteiger partial charge in [0.25, 0.3) is 0 Å². The number of rotatable bonds is 4. The normalized spacial score (nSPS) is 26.1. The lowest BCUT2D eigenvalue weighted by atomic mass is 9.84. The zero-order valence-corrected chi connectivity index (χ0v) is 11.6. The van der Waals surface area contributed by atoms with Crippen LogP contribution in [0.4, 0.5) is 4.79 Å². The molecule has 1 amide bonds. The van der Waals surface area contributed by atoms with E-state index in [2.05, 4.69) is 11.3 Å². The van der Waals surface area contributed by atoms with Crippen molar-refractivity contribution in [3.8, 4) is 0 Å². The molecule has 19 heavy (non-hydrogen) atoms. The summed E-state index contributed by atoms with van der Waals surface area (Å²) in [6, 6.07) is -0.451. The number of nitrogens with zero attached hydrogens (tertiary/aromatic N) is 1. The summed E-state index contributed by atoms with van der Waals surface area (Å²) in [6.45, 7) is 5.92. The molecule has 0 spiro atoms. The van der Waals surface area contributed by atoms with Crippen LogP contribution >= 0.6 is 0 Å². The van der Waals surface area contributed by atoms with Gasteiger partial charge >= 0.3 is 12.1 Å². The Labute approximate surface area is 113 Å². The third-order valence-corrected chi connectivity index (χ3v) is 3.66. The van der Waals surface area contributed by atoms with Crippen molar-refractivity contribution in [2.24, 2.45) is 11.8 Å². The van der Waals surface area contributed by atoms with Gasteiger partial charge in [0.05, 0.1) is 33.3 Å². The van der Waals surface area contributed by atoms with Crippen LogP contribution in [0.15, 0.2) is 12.2 Å². The zero-order valence-electron chi connectivity index (χ0n) is 11.6. The number of esters is 1. The number of hydrogen-bond donors (Lipinski definition) is 1. The fourth-order valence-electron chi connectivity index (χ4n) is 2.62. The van der Waals surface area contributed by atoms with Crippen molar-refractivity contribution in [1.82, 2.24) is 4.90 Å². The van der Waals surface area contributed by atoms with Crippen molar-refractivity contribution in [2.45, 2.75) is 19.4 Å². The molecule has 0 aromatic carbocycles. The molecule has 0 unspecified atom stereocenters. The van der Waals surface area contributed by atoms with Crippen LogP contribution in [0.2, 0.25) is 0 Å². The third kappa shape index (κ3) is 3.26. The highest BCUT2D eigenvalue weighted by Gasteiger charge is 2.45. The first-order chi connectivity index (χ1) is 8.96. The Bertz CT molecular complexity index is 368. The molecule has 108 valence electrons. The number of carbonyl (C=O) groups excluding carboxylic acids is 2. The number of amides is 1. The maximum Gasteiger partial charge on any atom is 0.409 e. The van der Waals surface area contributed by atoms with Gasteiger partial charge in [-0.15, -0.1) is 0 Å². The van der Waals surface area contributed by atoms with E-state index in [0.717, 1.165) is 5.57 Å². The molecule has 0 aromatic rings. The van der Waals surface area contributed by atoms with Crippen LogP contribution in [-0.4, -0.2) is 55.5 Å². The molecule has 6 nitrogen and oxygen atoms in total. The van der Waals surface area contributed by atoms with E-state index in [0.29, 0.717) is 6.54 Å². The number of methoxy groups -OCH3 is 2. The van der Waals surface area contributed by atoms with E-state index in [1.807, 2.05) is 6.92 Å². The number of aliphatic hydroxyl groups is 1. The van der Waals surface area contributed by atoms with Crippen LogP contribution < -0.4 is 0 Å². The molecular weight excluding hydrogens is 250 g/mol. The molecule has 1 aliphatic heterocycles. The Balaban J connectivity index is 2.96. The van der Waals surface area contributed by atoms with Gasteiger partial charge in [0.15, 0.2) is 0 Å². The molecule has 1 saturated heterocycles. The van der Waals surface area contributed by atoms with Crippen LogP contribution in [0.25, 0.3) is 0 Å². The summed E-state index contributed by atoms with van der Waals surface area (Å²) in [4.78, 5) is 24.6. The Morgan fingerprint density at radius 1 is 1.37 bits per heavy atom. The van der Waals surface area contributed by atoms with Gasteiger partial charge in [-0.1, -0.05) is 12.2 Å². The molecule has 6 heteroatoms. The average Bonchev–Trinajstić information content (AvgIpc) is 2.76. The second-order valence-corrected chi connectivity index (χ2v) is 4.77. The first kappa shape index (κ1) is 15.5. The lowest BCUT2D eigenvalue weighted by molar-refractivity contribution is -0.142. The summed E-state index contributed by atoms with van der Waals surface area (Å²) in [6.07, 6.45) is -0.357. The Morgan fingerprint density at radius 2 is 2.00 bits per heavy atom. The number of likely N-dealkylation sites (tertiary alicyclic amines) is 1. The summed E-state index contributed by atoms with van der Waals surface area (Å²) in [7, 11) is 2.61. The molecular formula is C13H21NO5. The second-order valence-electron chi connectivity index (χ2n) is 4.77. The summed E-state index contributed by atoms with van der Waals surface area (Å²) in [5.41, 5.74) is 0.874. The predicted molar refractivity (Wildman–Crippen MR) is 68.4 cm³/mol. The second kappa shape index (κ2) is 6.56. The molecule has 0 aromatic heterocycles. The van der Waals surface area contributed by atoms with E-state index in [4.69, 9.17) is 4.74 Å². The minimum Gasteiger partial charge on any atom is -0.469 e. The van der Waals surface area contributed by atoms with Crippen LogP contribution in [0.5, 0.6) is 0 Å². The van der Waals surface area contributed by atoms with Gasteiger partial charge in [0.1, 0.15) is 0 Å². The van der Waals surface area contributed by atoms with Crippen LogP contribution in [-0.2, 0) is 14.3 Å². The van der Waals surface area contributed by atoms with E-state index in [-0.39, 0.29) is 30.8 Å². The van der Waals surface area contributed by atoms with E-state index in [1.165, 1.54) is 19.1 Å². The van der Waals surface area contributed by atoms with Gasteiger partial charge < -0.3 is 19.5 Å². The van der Waals surface area contributed by atoms with E-state index >= 15 is 0 Å². The molecule has 0 aliphatic carbocycles. The maximum atomic E-state index is 11.7. The molecule has 3 atom stereocenters. The third-order valence-electron chi connectivity index (χ3n) is 3.66. The summed E-state index contributed by atoms with van der Waals surface area (Å²) < 4.78 is 9.37. The highest BCUT2D eigenvalue weighted by Crippen LogP contribution is 2.36. The highest BCUT2D eigenvalue weighted by atomic mass is 16.5. The lowest BCUT2D eigenvalue weighted by Crippen LogP contribution is -2.40. The Morgan fingerprint density at radius 3 is 2.42 bits per heavy atom. The lowest BCUT2D eigenvalue weighted by Gasteiger charge is -2.25. The largest absolute Gasteiger partial charge is 0.469 e. The molecule has 1 N–H and O–H groups in total. The molecule has 1 fully saturated rings. The topological polar surface area (TPSA) is 76.1 Å². The van der Waals surface area contributed by atoms with Crippen LogP contribution in [0, 0.1) is 11.8 Å². The molecule has 0 bridgehead atoms. The van der Waals surface area contributed by atoms with Gasteiger partial charge in [0, 0.05) is 18.4 Å². The molecule has 1 aliphatic rings. The van der Waals surface area contributed by atoms with Crippen molar-refractivity contribution < 1.29 is 24.2 Å². The monoisotopic (exact) mass is 271 g/mol. The number of aliphatic hydroxyl groups excluding tert-OH is 1. The first-order valence-corrected chi connectivity index (χ1v) is 6.13. The first-order valence-electron chi connectivity index (χ1n) is 6.13. The highest BCUT2D eigenvalue weighted by molar-refractivity contribution is 5.71. The average molecular weight is 271 g/mol. The summed E-state index contributed by atoms with van der Waals surface area (Å²) >= 11 is 0. The number of ether oxygens (including phenoxy) is 2. The molecule has 1 rings (SSSR count). The van der Waals surface area contributed by atoms with Crippen molar-refractivity contribution >= 4 is 12.1 Å². The number of carbonyl (C=O) groups is 2. The SMILES string of the molecule is C=C(C)[C@@H]1CN(C(=O)OC)[C@H](CO)[C@H]1CC(=O)OC. The van der Waals surface area contributed by atoms with Gasteiger partial charge in [-0.3, -0.25) is 4.79 Å². The maximum absolute atomic E-state index is 11.7. The molecule has 0 radical (unpaired) electrons. The zero-order chi connectivity index (χ0) is 14.6. The Hall–Kier alpha value is -1.56. The Kier molecular flexibility index (Phi) is 5.35. The van der Waals surface area contributed by atoms with E-state index < -0.39 is 12.1 Å². The van der Waals surface area contributed by atoms with Gasteiger partial charge in [-0.05, 0) is 6.92 Å². The summed E-state index contributed by atoms with van der Waals surface area (Å²) in [5, 5.41) is 9.51. The van der Waals surface area contributed by atoms with Crippen molar-refractivity contribution in [1.29, 1.82) is 0 Å². The van der Waals surface area contributed by atoms with Crippen molar-refractivity contribution in [3.05, 3.63) is 12.2 Å². The fourth-order valence-corrected chi connectivity index (χ4v) is 2.62. The van der Waals surface area contributed by atoms with E-state index in [1.54, 1.807) is 0 Å². The molecule has 0 saturated carbocycles. The van der Waals surface area contributed by atoms with Crippen molar-refractivity contribution in [3.63, 3.8) is 0 Å². The van der Waals surface area contributed by atoms with Gasteiger partial charge in [-0.2, -0.15) is 0 Å². The van der Waals surface area contributed by atoms with Gasteiger partial charge in [0.2, 0.25) is 0 Å². The standard InChI is InChI=1S/C13H21NO5/c1-8(2)10-6-14(13(17)19-4)11(7-15)9(10)5-12(16)18-3/h9-11,15H,1,5-7H2,2-4H3/t9-,10-,11+/m0/s1. The van der Waals surface area contributed by atoms with E-state index in [9.17, 15) is 14.7 Å². The predicted octanol–water partition coefficient (Wildman–Crippen LogP) is 0.801. The van der Waals surface area contributed by atoms with Gasteiger partial charge in [-0.25, -0.2) is 4.79 Å². The van der Waals surface area contributed by atoms with Crippen LogP contribution in [0.3, 0.4) is 0 Å². The minimum absolute atomic E-state index is 0.0460. The molecule has 1 heterocycles. The minimum atomic E-state index is -0.502. The van der Waals surface area contributed by atoms with Crippen molar-refractivity contribution in [2.75, 3.05) is 27.4 Å². The smallest absolute Gasteiger partial charge is 0.409 e. The number of hydrogen-bond acceptors (Lipinski definition) is 5.